The lowest BCUT2D eigenvalue weighted by atomic mass is 9.81. The van der Waals surface area contributed by atoms with Gasteiger partial charge >= 0.3 is 0 Å². The fourth-order valence-electron chi connectivity index (χ4n) is 3.55. The van der Waals surface area contributed by atoms with Crippen LogP contribution >= 0.6 is 0 Å². The van der Waals surface area contributed by atoms with Gasteiger partial charge in [-0.3, -0.25) is 4.79 Å². The Hall–Kier alpha value is -3.36. The molecule has 156 valence electrons. The molecule has 0 aromatic carbocycles. The lowest BCUT2D eigenvalue weighted by Gasteiger charge is -2.34. The van der Waals surface area contributed by atoms with E-state index in [4.69, 9.17) is 4.74 Å². The van der Waals surface area contributed by atoms with Crippen LogP contribution in [0.25, 0.3) is 5.65 Å². The van der Waals surface area contributed by atoms with E-state index in [1.54, 1.807) is 16.9 Å². The molecule has 0 aliphatic heterocycles. The highest BCUT2D eigenvalue weighted by Gasteiger charge is 2.29. The lowest BCUT2D eigenvalue weighted by Crippen LogP contribution is -2.45. The van der Waals surface area contributed by atoms with Gasteiger partial charge in [0.15, 0.2) is 5.65 Å². The van der Waals surface area contributed by atoms with Gasteiger partial charge in [0.25, 0.3) is 5.91 Å². The van der Waals surface area contributed by atoms with Gasteiger partial charge < -0.3 is 20.7 Å². The Kier molecular flexibility index (Phi) is 4.65. The second-order valence-electron chi connectivity index (χ2n) is 8.00. The van der Waals surface area contributed by atoms with Crippen molar-refractivity contribution in [3.05, 3.63) is 36.2 Å². The van der Waals surface area contributed by atoms with Crippen LogP contribution in [0.15, 0.2) is 30.6 Å². The minimum absolute atomic E-state index is 0.146. The van der Waals surface area contributed by atoms with E-state index in [0.717, 1.165) is 31.4 Å². The second-order valence-corrected chi connectivity index (χ2v) is 8.00. The van der Waals surface area contributed by atoms with E-state index >= 15 is 0 Å². The smallest absolute Gasteiger partial charge is 0.256 e. The molecule has 3 N–H and O–H groups in total. The van der Waals surface area contributed by atoms with E-state index in [1.807, 2.05) is 25.2 Å². The fourth-order valence-corrected chi connectivity index (χ4v) is 3.55. The summed E-state index contributed by atoms with van der Waals surface area (Å²) < 4.78 is 7.53. The van der Waals surface area contributed by atoms with Crippen LogP contribution < -0.4 is 20.7 Å². The Morgan fingerprint density at radius 1 is 1.27 bits per heavy atom. The molecule has 3 aromatic heterocycles. The maximum absolute atomic E-state index is 12.8. The molecule has 0 bridgehead atoms. The van der Waals surface area contributed by atoms with E-state index in [2.05, 4.69) is 37.9 Å². The van der Waals surface area contributed by atoms with Crippen molar-refractivity contribution >= 4 is 28.9 Å². The second kappa shape index (κ2) is 7.47. The Bertz CT molecular complexity index is 1090. The number of carbonyl (C=O) groups excluding carboxylic acids is 1. The van der Waals surface area contributed by atoms with Crippen LogP contribution in [-0.2, 0) is 0 Å². The predicted molar refractivity (Wildman–Crippen MR) is 113 cm³/mol. The number of aromatic nitrogens is 4. The number of ether oxygens (including phenoxy) is 1. The summed E-state index contributed by atoms with van der Waals surface area (Å²) in [5.41, 5.74) is 1.68. The first-order valence-corrected chi connectivity index (χ1v) is 10.4. The van der Waals surface area contributed by atoms with Gasteiger partial charge in [-0.05, 0) is 43.7 Å². The molecule has 0 unspecified atom stereocenters. The number of hydrogen-bond donors (Lipinski definition) is 3. The molecule has 9 nitrogen and oxygen atoms in total. The molecule has 2 atom stereocenters. The number of anilines is 3. The van der Waals surface area contributed by atoms with Gasteiger partial charge in [0, 0.05) is 25.4 Å². The minimum Gasteiger partial charge on any atom is -0.473 e. The first-order chi connectivity index (χ1) is 14.6. The zero-order valence-electron chi connectivity index (χ0n) is 17.1. The molecule has 3 heterocycles. The van der Waals surface area contributed by atoms with E-state index < -0.39 is 0 Å². The highest BCUT2D eigenvalue weighted by atomic mass is 16.5. The average molecular weight is 407 g/mol. The van der Waals surface area contributed by atoms with Crippen LogP contribution in [0.1, 0.15) is 43.0 Å². The molecular formula is C21H25N7O2. The molecule has 2 saturated carbocycles. The van der Waals surface area contributed by atoms with Crippen molar-refractivity contribution in [2.45, 2.75) is 44.8 Å². The number of amides is 1. The van der Waals surface area contributed by atoms with Crippen LogP contribution in [0.3, 0.4) is 0 Å². The number of fused-ring (bicyclic) bond motifs is 1. The maximum atomic E-state index is 12.8. The molecule has 0 spiro atoms. The normalized spacial score (nSPS) is 20.5. The monoisotopic (exact) mass is 407 g/mol. The van der Waals surface area contributed by atoms with Gasteiger partial charge in [-0.1, -0.05) is 6.92 Å². The van der Waals surface area contributed by atoms with Gasteiger partial charge in [0.1, 0.15) is 29.0 Å². The van der Waals surface area contributed by atoms with Crippen molar-refractivity contribution < 1.29 is 9.53 Å². The van der Waals surface area contributed by atoms with E-state index in [0.29, 0.717) is 34.6 Å². The Morgan fingerprint density at radius 2 is 2.13 bits per heavy atom. The van der Waals surface area contributed by atoms with Crippen molar-refractivity contribution in [2.75, 3.05) is 17.7 Å². The quantitative estimate of drug-likeness (QED) is 0.553. The van der Waals surface area contributed by atoms with Crippen molar-refractivity contribution in [2.24, 2.45) is 5.92 Å². The fraction of sp³-hybridized carbons (Fsp3) is 0.429. The number of hydrogen-bond acceptors (Lipinski definition) is 7. The minimum atomic E-state index is -0.146. The number of carbonyl (C=O) groups is 1. The third-order valence-corrected chi connectivity index (χ3v) is 5.75. The van der Waals surface area contributed by atoms with Gasteiger partial charge in [0.2, 0.25) is 5.88 Å². The first kappa shape index (κ1) is 18.7. The average Bonchev–Trinajstić information content (AvgIpc) is 3.47. The highest BCUT2D eigenvalue weighted by Crippen LogP contribution is 2.32. The third-order valence-electron chi connectivity index (χ3n) is 5.75. The highest BCUT2D eigenvalue weighted by molar-refractivity contribution is 6.00. The molecule has 30 heavy (non-hydrogen) atoms. The zero-order chi connectivity index (χ0) is 20.7. The number of nitrogens with zero attached hydrogens (tertiary/aromatic N) is 4. The molecule has 5 rings (SSSR count). The van der Waals surface area contributed by atoms with Crippen LogP contribution in [0.2, 0.25) is 0 Å². The zero-order valence-corrected chi connectivity index (χ0v) is 17.1. The summed E-state index contributed by atoms with van der Waals surface area (Å²) in [6.45, 7) is 2.15. The summed E-state index contributed by atoms with van der Waals surface area (Å²) in [7, 11) is 1.81. The Balaban J connectivity index is 1.46. The van der Waals surface area contributed by atoms with E-state index in [-0.39, 0.29) is 18.1 Å². The van der Waals surface area contributed by atoms with Crippen LogP contribution in [0.4, 0.5) is 17.3 Å². The summed E-state index contributed by atoms with van der Waals surface area (Å²) in [6.07, 6.45) is 7.78. The van der Waals surface area contributed by atoms with Crippen molar-refractivity contribution in [3.8, 4) is 5.88 Å². The van der Waals surface area contributed by atoms with Crippen LogP contribution in [0.5, 0.6) is 5.88 Å². The number of rotatable bonds is 7. The van der Waals surface area contributed by atoms with Crippen molar-refractivity contribution in [3.63, 3.8) is 0 Å². The topological polar surface area (TPSA) is 105 Å². The lowest BCUT2D eigenvalue weighted by molar-refractivity contribution is 0.0886. The van der Waals surface area contributed by atoms with Gasteiger partial charge in [0.05, 0.1) is 6.20 Å². The number of nitrogens with one attached hydrogen (secondary N) is 3. The molecule has 2 aliphatic carbocycles. The summed E-state index contributed by atoms with van der Waals surface area (Å²) >= 11 is 0. The van der Waals surface area contributed by atoms with Gasteiger partial charge in [-0.15, -0.1) is 0 Å². The predicted octanol–water partition coefficient (Wildman–Crippen LogP) is 2.98. The van der Waals surface area contributed by atoms with E-state index in [9.17, 15) is 4.79 Å². The standard InChI is InChI=1S/C21H25N7O2/c1-12-5-8-15(12)26-20(29)14-11-24-28-18(22-2)10-17(27-19(14)28)25-16-4-3-9-23-21(16)30-13-6-7-13/h3-4,9-13,15,22H,5-8H2,1-2H3,(H,25,27)(H,26,29)/t12-,15-/m0/s1. The van der Waals surface area contributed by atoms with Crippen LogP contribution in [-0.4, -0.2) is 44.7 Å². The molecular weight excluding hydrogens is 382 g/mol. The van der Waals surface area contributed by atoms with Crippen LogP contribution in [0, 0.1) is 5.92 Å². The molecule has 0 saturated heterocycles. The largest absolute Gasteiger partial charge is 0.473 e. The third kappa shape index (κ3) is 3.51. The Labute approximate surface area is 174 Å². The SMILES string of the molecule is CNc1cc(Nc2cccnc2OC2CC2)nc2c(C(=O)N[C@H]3CC[C@@H]3C)cnn12. The molecule has 2 fully saturated rings. The van der Waals surface area contributed by atoms with E-state index in [1.165, 1.54) is 0 Å². The summed E-state index contributed by atoms with van der Waals surface area (Å²) in [4.78, 5) is 21.9. The molecule has 0 radical (unpaired) electrons. The summed E-state index contributed by atoms with van der Waals surface area (Å²) in [6, 6.07) is 5.80. The summed E-state index contributed by atoms with van der Waals surface area (Å²) in [5.74, 6) is 2.20. The maximum Gasteiger partial charge on any atom is 0.256 e. The summed E-state index contributed by atoms with van der Waals surface area (Å²) in [5, 5.41) is 13.9. The van der Waals surface area contributed by atoms with Gasteiger partial charge in [-0.2, -0.15) is 9.61 Å². The molecule has 9 heteroatoms. The first-order valence-electron chi connectivity index (χ1n) is 10.4. The number of pyridine rings is 1. The van der Waals surface area contributed by atoms with Gasteiger partial charge in [-0.25, -0.2) is 9.97 Å². The molecule has 2 aliphatic rings. The molecule has 3 aromatic rings. The molecule has 1 amide bonds. The Morgan fingerprint density at radius 3 is 2.83 bits per heavy atom. The van der Waals surface area contributed by atoms with Crippen molar-refractivity contribution in [1.29, 1.82) is 0 Å². The van der Waals surface area contributed by atoms with Crippen molar-refractivity contribution in [1.82, 2.24) is 24.9 Å².